The quantitative estimate of drug-likeness (QED) is 0.109. The number of hydrogen-bond donors (Lipinski definition) is 0. The Balaban J connectivity index is 1.26. The third-order valence-electron chi connectivity index (χ3n) is 6.41. The first-order chi connectivity index (χ1) is 19.7. The number of carbonyl (C=O) groups is 2. The van der Waals surface area contributed by atoms with E-state index >= 15 is 0 Å². The second-order valence-corrected chi connectivity index (χ2v) is 11.7. The van der Waals surface area contributed by atoms with Gasteiger partial charge in [-0.2, -0.15) is 0 Å². The van der Waals surface area contributed by atoms with Gasteiger partial charge in [-0.15, -0.1) is 0 Å². The number of halogens is 1. The molecule has 0 unspecified atom stereocenters. The maximum atomic E-state index is 13.0. The molecule has 0 atom stereocenters. The van der Waals surface area contributed by atoms with Gasteiger partial charge in [0.1, 0.15) is 12.4 Å². The summed E-state index contributed by atoms with van der Waals surface area (Å²) >= 11 is 8.34. The average Bonchev–Trinajstić information content (AvgIpc) is 3.38. The minimum absolute atomic E-state index is 0.0620. The standard InChI is InChI=1S/C30H24ClN3O5S2/c1-19-17-21(18-28-29(35)32(30(36)41-28)15-16-39-25-9-3-22(31)4-10-25)20(2)33(19)23-5-11-26(12-6-23)40-27-13-7-24(8-14-27)34(37)38/h3-14,17-18H,15-16H2,1-2H3/b28-18-. The van der Waals surface area contributed by atoms with Gasteiger partial charge < -0.3 is 9.30 Å². The maximum Gasteiger partial charge on any atom is 0.293 e. The molecule has 1 aromatic heterocycles. The zero-order chi connectivity index (χ0) is 29.1. The summed E-state index contributed by atoms with van der Waals surface area (Å²) in [4.78, 5) is 39.5. The second-order valence-electron chi connectivity index (χ2n) is 9.14. The Morgan fingerprint density at radius 3 is 2.24 bits per heavy atom. The van der Waals surface area contributed by atoms with E-state index in [4.69, 9.17) is 16.3 Å². The lowest BCUT2D eigenvalue weighted by Crippen LogP contribution is -2.32. The summed E-state index contributed by atoms with van der Waals surface area (Å²) in [6.07, 6.45) is 1.77. The molecule has 41 heavy (non-hydrogen) atoms. The van der Waals surface area contributed by atoms with Crippen LogP contribution in [-0.4, -0.2) is 38.7 Å². The van der Waals surface area contributed by atoms with Crippen LogP contribution in [0.15, 0.2) is 93.6 Å². The predicted molar refractivity (Wildman–Crippen MR) is 162 cm³/mol. The topological polar surface area (TPSA) is 94.7 Å². The lowest BCUT2D eigenvalue weighted by Gasteiger charge is -2.13. The van der Waals surface area contributed by atoms with Crippen LogP contribution in [-0.2, 0) is 4.79 Å². The molecule has 11 heteroatoms. The van der Waals surface area contributed by atoms with Crippen LogP contribution in [0.5, 0.6) is 5.75 Å². The number of nitrogens with zero attached hydrogens (tertiary/aromatic N) is 3. The van der Waals surface area contributed by atoms with E-state index in [9.17, 15) is 19.7 Å². The maximum absolute atomic E-state index is 13.0. The molecule has 0 saturated carbocycles. The zero-order valence-corrected chi connectivity index (χ0v) is 24.5. The summed E-state index contributed by atoms with van der Waals surface area (Å²) in [5.41, 5.74) is 3.80. The molecule has 2 heterocycles. The van der Waals surface area contributed by atoms with Gasteiger partial charge in [0, 0.05) is 44.0 Å². The highest BCUT2D eigenvalue weighted by atomic mass is 35.5. The predicted octanol–water partition coefficient (Wildman–Crippen LogP) is 7.92. The first kappa shape index (κ1) is 28.5. The number of aryl methyl sites for hydroxylation is 1. The van der Waals surface area contributed by atoms with E-state index in [2.05, 4.69) is 4.57 Å². The fraction of sp³-hybridized carbons (Fsp3) is 0.133. The van der Waals surface area contributed by atoms with Crippen LogP contribution >= 0.6 is 35.1 Å². The van der Waals surface area contributed by atoms with E-state index in [1.54, 1.807) is 42.5 Å². The number of imide groups is 1. The van der Waals surface area contributed by atoms with Crippen molar-refractivity contribution in [2.45, 2.75) is 23.6 Å². The fourth-order valence-electron chi connectivity index (χ4n) is 4.39. The third-order valence-corrected chi connectivity index (χ3v) is 8.58. The van der Waals surface area contributed by atoms with Crippen LogP contribution in [0.25, 0.3) is 11.8 Å². The average molecular weight is 606 g/mol. The highest BCUT2D eigenvalue weighted by Gasteiger charge is 2.35. The largest absolute Gasteiger partial charge is 0.492 e. The molecule has 208 valence electrons. The van der Waals surface area contributed by atoms with Gasteiger partial charge in [-0.1, -0.05) is 23.4 Å². The summed E-state index contributed by atoms with van der Waals surface area (Å²) < 4.78 is 7.75. The van der Waals surface area contributed by atoms with Crippen molar-refractivity contribution in [3.63, 3.8) is 0 Å². The van der Waals surface area contributed by atoms with E-state index in [1.807, 2.05) is 44.2 Å². The van der Waals surface area contributed by atoms with Crippen molar-refractivity contribution in [3.8, 4) is 11.4 Å². The molecule has 1 aliphatic rings. The van der Waals surface area contributed by atoms with Crippen molar-refractivity contribution in [2.24, 2.45) is 0 Å². The molecule has 0 radical (unpaired) electrons. The molecular weight excluding hydrogens is 582 g/mol. The van der Waals surface area contributed by atoms with Gasteiger partial charge in [0.05, 0.1) is 16.4 Å². The molecule has 1 fully saturated rings. The van der Waals surface area contributed by atoms with Crippen molar-refractivity contribution in [1.29, 1.82) is 0 Å². The summed E-state index contributed by atoms with van der Waals surface area (Å²) in [6, 6.07) is 23.4. The molecule has 1 saturated heterocycles. The Kier molecular flexibility index (Phi) is 8.53. The smallest absolute Gasteiger partial charge is 0.293 e. The van der Waals surface area contributed by atoms with E-state index in [-0.39, 0.29) is 30.0 Å². The van der Waals surface area contributed by atoms with Crippen LogP contribution in [0.3, 0.4) is 0 Å². The Morgan fingerprint density at radius 2 is 1.61 bits per heavy atom. The minimum atomic E-state index is -0.413. The molecule has 2 amide bonds. The molecule has 0 spiro atoms. The number of amides is 2. The minimum Gasteiger partial charge on any atom is -0.492 e. The summed E-state index contributed by atoms with van der Waals surface area (Å²) in [5, 5.41) is 11.2. The summed E-state index contributed by atoms with van der Waals surface area (Å²) in [7, 11) is 0. The van der Waals surface area contributed by atoms with Crippen LogP contribution in [0.1, 0.15) is 17.0 Å². The van der Waals surface area contributed by atoms with Crippen LogP contribution in [0.2, 0.25) is 5.02 Å². The van der Waals surface area contributed by atoms with Gasteiger partial charge in [0.15, 0.2) is 0 Å². The first-order valence-electron chi connectivity index (χ1n) is 12.5. The molecule has 8 nitrogen and oxygen atoms in total. The van der Waals surface area contributed by atoms with Gasteiger partial charge in [-0.3, -0.25) is 24.6 Å². The van der Waals surface area contributed by atoms with Gasteiger partial charge in [-0.25, -0.2) is 0 Å². The number of rotatable bonds is 9. The van der Waals surface area contributed by atoms with E-state index in [0.29, 0.717) is 15.7 Å². The zero-order valence-electron chi connectivity index (χ0n) is 22.1. The van der Waals surface area contributed by atoms with Crippen LogP contribution < -0.4 is 4.74 Å². The Labute approximate surface area is 250 Å². The highest BCUT2D eigenvalue weighted by molar-refractivity contribution is 8.18. The van der Waals surface area contributed by atoms with Gasteiger partial charge >= 0.3 is 0 Å². The number of hydrogen-bond acceptors (Lipinski definition) is 7. The van der Waals surface area contributed by atoms with Crippen molar-refractivity contribution in [2.75, 3.05) is 13.2 Å². The second kappa shape index (κ2) is 12.3. The number of benzene rings is 3. The van der Waals surface area contributed by atoms with Crippen molar-refractivity contribution in [1.82, 2.24) is 9.47 Å². The molecule has 1 aliphatic heterocycles. The molecular formula is C30H24ClN3O5S2. The van der Waals surface area contributed by atoms with Gasteiger partial charge in [0.2, 0.25) is 0 Å². The number of nitro benzene ring substituents is 1. The first-order valence-corrected chi connectivity index (χ1v) is 14.6. The number of non-ortho nitro benzene ring substituents is 1. The fourth-order valence-corrected chi connectivity index (χ4v) is 6.18. The molecule has 3 aromatic carbocycles. The number of aromatic nitrogens is 1. The van der Waals surface area contributed by atoms with Crippen molar-refractivity contribution < 1.29 is 19.2 Å². The molecule has 4 aromatic rings. The number of ether oxygens (including phenoxy) is 1. The molecule has 0 aliphatic carbocycles. The number of nitro groups is 1. The normalized spacial score (nSPS) is 14.2. The monoisotopic (exact) mass is 605 g/mol. The summed E-state index contributed by atoms with van der Waals surface area (Å²) in [5.74, 6) is 0.277. The SMILES string of the molecule is Cc1cc(/C=C2\SC(=O)N(CCOc3ccc(Cl)cc3)C2=O)c(C)n1-c1ccc(Sc2ccc([N+](=O)[O-])cc2)cc1. The Bertz CT molecular complexity index is 1650. The van der Waals surface area contributed by atoms with E-state index < -0.39 is 4.92 Å². The lowest BCUT2D eigenvalue weighted by molar-refractivity contribution is -0.384. The molecule has 0 N–H and O–H groups in total. The number of thioether (sulfide) groups is 1. The summed E-state index contributed by atoms with van der Waals surface area (Å²) in [6.45, 7) is 4.29. The lowest BCUT2D eigenvalue weighted by atomic mass is 10.2. The van der Waals surface area contributed by atoms with Gasteiger partial charge in [0.25, 0.3) is 16.8 Å². The van der Waals surface area contributed by atoms with Gasteiger partial charge in [-0.05, 0) is 104 Å². The van der Waals surface area contributed by atoms with E-state index in [0.717, 1.165) is 44.2 Å². The third kappa shape index (κ3) is 6.51. The van der Waals surface area contributed by atoms with Crippen LogP contribution in [0, 0.1) is 24.0 Å². The molecule has 5 rings (SSSR count). The Hall–Kier alpha value is -3.99. The van der Waals surface area contributed by atoms with E-state index in [1.165, 1.54) is 28.8 Å². The van der Waals surface area contributed by atoms with Crippen LogP contribution in [0.4, 0.5) is 10.5 Å². The molecule has 0 bridgehead atoms. The highest BCUT2D eigenvalue weighted by Crippen LogP contribution is 2.34. The van der Waals surface area contributed by atoms with Crippen molar-refractivity contribution >= 4 is 58.0 Å². The number of carbonyl (C=O) groups excluding carboxylic acids is 2. The Morgan fingerprint density at radius 1 is 0.976 bits per heavy atom. The van der Waals surface area contributed by atoms with Crippen molar-refractivity contribution in [3.05, 3.63) is 116 Å².